The minimum Gasteiger partial charge on any atom is -0.393 e. The van der Waals surface area contributed by atoms with E-state index in [1.54, 1.807) is 16.7 Å². The molecule has 0 amide bonds. The smallest absolute Gasteiger partial charge is 0.0792 e. The maximum Gasteiger partial charge on any atom is 0.0792 e. The summed E-state index contributed by atoms with van der Waals surface area (Å²) in [6.07, 6.45) is 10.9. The van der Waals surface area contributed by atoms with Crippen molar-refractivity contribution in [2.75, 3.05) is 0 Å². The van der Waals surface area contributed by atoms with Crippen LogP contribution in [0.2, 0.25) is 0 Å². The highest BCUT2D eigenvalue weighted by molar-refractivity contribution is 5.49. The maximum absolute atomic E-state index is 10.9. The molecule has 0 saturated heterocycles. The second kappa shape index (κ2) is 8.09. The van der Waals surface area contributed by atoms with Crippen LogP contribution in [-0.4, -0.2) is 16.3 Å². The predicted octanol–water partition coefficient (Wildman–Crippen LogP) is 7.39. The van der Waals surface area contributed by atoms with Crippen molar-refractivity contribution in [1.82, 2.24) is 0 Å². The summed E-state index contributed by atoms with van der Waals surface area (Å²) in [5.41, 5.74) is 6.60. The largest absolute Gasteiger partial charge is 0.393 e. The zero-order valence-electron chi connectivity index (χ0n) is 21.4. The molecule has 4 aliphatic carbocycles. The lowest BCUT2D eigenvalue weighted by Gasteiger charge is -2.59. The van der Waals surface area contributed by atoms with Gasteiger partial charge in [-0.1, -0.05) is 76.6 Å². The molecular formula is C31H44O2. The van der Waals surface area contributed by atoms with Crippen LogP contribution in [0.25, 0.3) is 0 Å². The van der Waals surface area contributed by atoms with Crippen molar-refractivity contribution in [1.29, 1.82) is 0 Å². The number of aliphatic hydroxyl groups excluding tert-OH is 2. The number of fused-ring (bicyclic) bond motifs is 4. The summed E-state index contributed by atoms with van der Waals surface area (Å²) in [6, 6.07) is 10.2. The van der Waals surface area contributed by atoms with Gasteiger partial charge in [-0.25, -0.2) is 0 Å². The van der Waals surface area contributed by atoms with Crippen molar-refractivity contribution >= 4 is 0 Å². The Morgan fingerprint density at radius 3 is 2.42 bits per heavy atom. The van der Waals surface area contributed by atoms with Gasteiger partial charge in [-0.15, -0.1) is 0 Å². The quantitative estimate of drug-likeness (QED) is 0.504. The number of benzene rings is 1. The zero-order chi connectivity index (χ0) is 23.6. The van der Waals surface area contributed by atoms with Gasteiger partial charge in [0.15, 0.2) is 0 Å². The van der Waals surface area contributed by atoms with Crippen LogP contribution in [-0.2, 0) is 0 Å². The summed E-state index contributed by atoms with van der Waals surface area (Å²) in [4.78, 5) is 0. The summed E-state index contributed by atoms with van der Waals surface area (Å²) >= 11 is 0. The highest BCUT2D eigenvalue weighted by Gasteiger charge is 2.57. The average Bonchev–Trinajstić information content (AvgIpc) is 3.14. The first-order valence-electron chi connectivity index (χ1n) is 13.4. The van der Waals surface area contributed by atoms with Crippen LogP contribution in [0.1, 0.15) is 97.7 Å². The summed E-state index contributed by atoms with van der Waals surface area (Å²) < 4.78 is 0. The van der Waals surface area contributed by atoms with Gasteiger partial charge in [-0.3, -0.25) is 0 Å². The Morgan fingerprint density at radius 1 is 0.970 bits per heavy atom. The van der Waals surface area contributed by atoms with Crippen molar-refractivity contribution in [2.24, 2.45) is 34.0 Å². The third-order valence-electron chi connectivity index (χ3n) is 10.9. The topological polar surface area (TPSA) is 40.5 Å². The van der Waals surface area contributed by atoms with Gasteiger partial charge >= 0.3 is 0 Å². The molecule has 0 spiro atoms. The molecule has 2 heteroatoms. The van der Waals surface area contributed by atoms with E-state index in [1.165, 1.54) is 25.7 Å². The van der Waals surface area contributed by atoms with Gasteiger partial charge in [-0.2, -0.15) is 0 Å². The van der Waals surface area contributed by atoms with Crippen molar-refractivity contribution in [3.05, 3.63) is 58.7 Å². The molecule has 1 unspecified atom stereocenters. The second-order valence-electron chi connectivity index (χ2n) is 12.9. The molecule has 0 bridgehead atoms. The van der Waals surface area contributed by atoms with Crippen LogP contribution in [0.3, 0.4) is 0 Å². The van der Waals surface area contributed by atoms with Gasteiger partial charge in [0.1, 0.15) is 0 Å². The van der Waals surface area contributed by atoms with Gasteiger partial charge in [0.05, 0.1) is 12.2 Å². The van der Waals surface area contributed by atoms with Crippen LogP contribution < -0.4 is 0 Å². The maximum atomic E-state index is 10.9. The van der Waals surface area contributed by atoms with E-state index in [4.69, 9.17) is 0 Å². The average molecular weight is 449 g/mol. The lowest BCUT2D eigenvalue weighted by Crippen LogP contribution is -2.53. The summed E-state index contributed by atoms with van der Waals surface area (Å²) in [7, 11) is 0. The van der Waals surface area contributed by atoms with Gasteiger partial charge < -0.3 is 10.2 Å². The monoisotopic (exact) mass is 448 g/mol. The molecular weight excluding hydrogens is 404 g/mol. The molecule has 1 saturated carbocycles. The number of rotatable bonds is 4. The molecule has 2 nitrogen and oxygen atoms in total. The summed E-state index contributed by atoms with van der Waals surface area (Å²) in [5, 5.41) is 21.7. The van der Waals surface area contributed by atoms with E-state index in [-0.39, 0.29) is 28.5 Å². The SMILES string of the molecule is C[C@H](CC(O)c1ccccc1)[C@H]1CC=C2C3=C(CC[C@@]21C)[C@@]1(C)CC[C@H](O)C(C)(C)[C@@H]1CC3. The molecule has 33 heavy (non-hydrogen) atoms. The van der Waals surface area contributed by atoms with E-state index >= 15 is 0 Å². The Hall–Kier alpha value is -1.38. The van der Waals surface area contributed by atoms with Gasteiger partial charge in [0, 0.05) is 0 Å². The Balaban J connectivity index is 1.39. The lowest BCUT2D eigenvalue weighted by atomic mass is 9.46. The van der Waals surface area contributed by atoms with Crippen molar-refractivity contribution in [2.45, 2.75) is 98.2 Å². The van der Waals surface area contributed by atoms with Crippen molar-refractivity contribution in [3.63, 3.8) is 0 Å². The van der Waals surface area contributed by atoms with Gasteiger partial charge in [0.25, 0.3) is 0 Å². The highest BCUT2D eigenvalue weighted by atomic mass is 16.3. The number of hydrogen-bond acceptors (Lipinski definition) is 2. The van der Waals surface area contributed by atoms with Crippen LogP contribution in [0.15, 0.2) is 53.1 Å². The lowest BCUT2D eigenvalue weighted by molar-refractivity contribution is -0.0905. The third-order valence-corrected chi connectivity index (χ3v) is 10.9. The zero-order valence-corrected chi connectivity index (χ0v) is 21.4. The molecule has 0 heterocycles. The van der Waals surface area contributed by atoms with E-state index in [1.807, 2.05) is 18.2 Å². The molecule has 0 aliphatic heterocycles. The van der Waals surface area contributed by atoms with E-state index in [2.05, 4.69) is 52.8 Å². The third kappa shape index (κ3) is 3.50. The first kappa shape index (κ1) is 23.4. The molecule has 2 N–H and O–H groups in total. The van der Waals surface area contributed by atoms with Crippen LogP contribution in [0.4, 0.5) is 0 Å². The Morgan fingerprint density at radius 2 is 1.70 bits per heavy atom. The fourth-order valence-electron chi connectivity index (χ4n) is 8.90. The molecule has 7 atom stereocenters. The Bertz CT molecular complexity index is 956. The summed E-state index contributed by atoms with van der Waals surface area (Å²) in [5.74, 6) is 1.67. The van der Waals surface area contributed by atoms with Crippen molar-refractivity contribution < 1.29 is 10.2 Å². The summed E-state index contributed by atoms with van der Waals surface area (Å²) in [6.45, 7) is 12.0. The first-order chi connectivity index (χ1) is 15.6. The normalized spacial score (nSPS) is 39.2. The predicted molar refractivity (Wildman–Crippen MR) is 136 cm³/mol. The van der Waals surface area contributed by atoms with Crippen molar-refractivity contribution in [3.8, 4) is 0 Å². The van der Waals surface area contributed by atoms with Gasteiger partial charge in [0.2, 0.25) is 0 Å². The highest BCUT2D eigenvalue weighted by Crippen LogP contribution is 2.66. The standard InChI is InChI=1S/C31H44O2/c1-20(19-26(32)21-9-7-6-8-10-21)23-12-13-24-22-11-14-27-29(2,3)28(33)16-18-31(27,5)25(22)15-17-30(23,24)4/h6-10,13,20,23,26-28,32-33H,11-12,14-19H2,1-5H3/t20-,23-,26?,27+,28+,30-,31-/m1/s1. The van der Waals surface area contributed by atoms with E-state index < -0.39 is 0 Å². The Labute approximate surface area is 201 Å². The first-order valence-corrected chi connectivity index (χ1v) is 13.4. The molecule has 1 fully saturated rings. The Kier molecular flexibility index (Phi) is 5.73. The molecule has 1 aromatic rings. The van der Waals surface area contributed by atoms with Crippen LogP contribution in [0, 0.1) is 34.0 Å². The molecule has 180 valence electrons. The number of hydrogen-bond donors (Lipinski definition) is 2. The van der Waals surface area contributed by atoms with E-state index in [9.17, 15) is 10.2 Å². The van der Waals surface area contributed by atoms with Gasteiger partial charge in [-0.05, 0) is 102 Å². The molecule has 5 rings (SSSR count). The molecule has 4 aliphatic rings. The molecule has 0 aromatic heterocycles. The fourth-order valence-corrected chi connectivity index (χ4v) is 8.90. The van der Waals surface area contributed by atoms with E-state index in [0.29, 0.717) is 17.8 Å². The second-order valence-corrected chi connectivity index (χ2v) is 12.9. The van der Waals surface area contributed by atoms with E-state index in [0.717, 1.165) is 31.2 Å². The molecule has 0 radical (unpaired) electrons. The number of allylic oxidation sites excluding steroid dienone is 4. The fraction of sp³-hybridized carbons (Fsp3) is 0.677. The molecule has 1 aromatic carbocycles. The van der Waals surface area contributed by atoms with Crippen LogP contribution >= 0.6 is 0 Å². The minimum absolute atomic E-state index is 0.000956. The van der Waals surface area contributed by atoms with Crippen LogP contribution in [0.5, 0.6) is 0 Å². The number of aliphatic hydroxyl groups is 2. The minimum atomic E-state index is -0.377.